The predicted octanol–water partition coefficient (Wildman–Crippen LogP) is 1.57. The Morgan fingerprint density at radius 2 is 2.13 bits per heavy atom. The van der Waals surface area contributed by atoms with Crippen LogP contribution in [0.25, 0.3) is 0 Å². The Kier molecular flexibility index (Phi) is 4.18. The SMILES string of the molecule is O=Cc1ccc(CO)o1.Oc1ccco1. The first-order valence-corrected chi connectivity index (χ1v) is 4.13. The van der Waals surface area contributed by atoms with Crippen LogP contribution in [0.3, 0.4) is 0 Å². The van der Waals surface area contributed by atoms with E-state index in [1.54, 1.807) is 12.1 Å². The lowest BCUT2D eigenvalue weighted by Gasteiger charge is -1.82. The maximum absolute atomic E-state index is 9.96. The van der Waals surface area contributed by atoms with Crippen molar-refractivity contribution in [3.63, 3.8) is 0 Å². The molecule has 2 rings (SSSR count). The van der Waals surface area contributed by atoms with Gasteiger partial charge in [0.15, 0.2) is 12.0 Å². The van der Waals surface area contributed by atoms with Crippen LogP contribution in [0.4, 0.5) is 0 Å². The first kappa shape index (κ1) is 11.1. The minimum absolute atomic E-state index is 0.0324. The molecule has 0 spiro atoms. The fourth-order valence-corrected chi connectivity index (χ4v) is 0.813. The van der Waals surface area contributed by atoms with E-state index in [1.807, 2.05) is 0 Å². The van der Waals surface area contributed by atoms with Gasteiger partial charge in [0.25, 0.3) is 5.95 Å². The number of aliphatic hydroxyl groups is 1. The molecule has 0 saturated heterocycles. The molecule has 0 aliphatic heterocycles. The lowest BCUT2D eigenvalue weighted by atomic mass is 10.4. The van der Waals surface area contributed by atoms with Crippen molar-refractivity contribution < 1.29 is 23.8 Å². The van der Waals surface area contributed by atoms with Gasteiger partial charge in [-0.15, -0.1) is 0 Å². The first-order chi connectivity index (χ1) is 7.26. The average Bonchev–Trinajstić information content (AvgIpc) is 2.88. The molecule has 80 valence electrons. The maximum atomic E-state index is 9.96. The van der Waals surface area contributed by atoms with Crippen molar-refractivity contribution in [3.8, 4) is 5.95 Å². The highest BCUT2D eigenvalue weighted by Gasteiger charge is 1.96. The molecule has 0 aliphatic rings. The Morgan fingerprint density at radius 1 is 1.33 bits per heavy atom. The van der Waals surface area contributed by atoms with E-state index in [1.165, 1.54) is 18.4 Å². The van der Waals surface area contributed by atoms with Gasteiger partial charge in [-0.2, -0.15) is 0 Å². The fraction of sp³-hybridized carbons (Fsp3) is 0.100. The molecule has 0 fully saturated rings. The predicted molar refractivity (Wildman–Crippen MR) is 50.4 cm³/mol. The summed E-state index contributed by atoms with van der Waals surface area (Å²) < 4.78 is 9.15. The van der Waals surface area contributed by atoms with E-state index in [9.17, 15) is 4.79 Å². The van der Waals surface area contributed by atoms with Gasteiger partial charge >= 0.3 is 0 Å². The van der Waals surface area contributed by atoms with Crippen LogP contribution in [0.5, 0.6) is 5.95 Å². The highest BCUT2D eigenvalue weighted by molar-refractivity contribution is 5.70. The Balaban J connectivity index is 0.000000162. The Hall–Kier alpha value is -2.01. The molecule has 2 heterocycles. The zero-order chi connectivity index (χ0) is 11.1. The van der Waals surface area contributed by atoms with E-state index in [4.69, 9.17) is 14.6 Å². The molecule has 0 amide bonds. The molecule has 0 aliphatic carbocycles. The summed E-state index contributed by atoms with van der Waals surface area (Å²) in [6.45, 7) is -0.159. The summed E-state index contributed by atoms with van der Waals surface area (Å²) in [4.78, 5) is 9.96. The number of carbonyl (C=O) groups is 1. The number of aromatic hydroxyl groups is 1. The van der Waals surface area contributed by atoms with Crippen molar-refractivity contribution in [1.82, 2.24) is 0 Å². The topological polar surface area (TPSA) is 83.8 Å². The zero-order valence-corrected chi connectivity index (χ0v) is 7.79. The van der Waals surface area contributed by atoms with E-state index in [2.05, 4.69) is 4.42 Å². The van der Waals surface area contributed by atoms with Gasteiger partial charge in [0.05, 0.1) is 6.26 Å². The molecule has 2 aromatic rings. The van der Waals surface area contributed by atoms with Crippen molar-refractivity contribution in [2.45, 2.75) is 6.61 Å². The van der Waals surface area contributed by atoms with Crippen LogP contribution in [0.1, 0.15) is 16.3 Å². The van der Waals surface area contributed by atoms with Crippen LogP contribution in [0.2, 0.25) is 0 Å². The molecule has 0 unspecified atom stereocenters. The van der Waals surface area contributed by atoms with Crippen molar-refractivity contribution in [1.29, 1.82) is 0 Å². The van der Waals surface area contributed by atoms with Gasteiger partial charge in [0.2, 0.25) is 0 Å². The molecule has 0 atom stereocenters. The molecule has 5 nitrogen and oxygen atoms in total. The average molecular weight is 210 g/mol. The van der Waals surface area contributed by atoms with Crippen LogP contribution in [0, 0.1) is 0 Å². The van der Waals surface area contributed by atoms with E-state index in [0.29, 0.717) is 12.0 Å². The Labute approximate surface area is 85.6 Å². The zero-order valence-electron chi connectivity index (χ0n) is 7.79. The van der Waals surface area contributed by atoms with Gasteiger partial charge in [-0.05, 0) is 18.2 Å². The smallest absolute Gasteiger partial charge is 0.281 e. The normalized spacial score (nSPS) is 9.13. The fourth-order valence-electron chi connectivity index (χ4n) is 0.813. The van der Waals surface area contributed by atoms with Gasteiger partial charge in [0, 0.05) is 6.07 Å². The van der Waals surface area contributed by atoms with Gasteiger partial charge in [-0.1, -0.05) is 0 Å². The second-order valence-electron chi connectivity index (χ2n) is 2.53. The minimum atomic E-state index is -0.159. The third-order valence-corrected chi connectivity index (χ3v) is 1.46. The number of aldehydes is 1. The van der Waals surface area contributed by atoms with Gasteiger partial charge in [-0.25, -0.2) is 0 Å². The van der Waals surface area contributed by atoms with Crippen molar-refractivity contribution >= 4 is 6.29 Å². The number of carbonyl (C=O) groups excluding carboxylic acids is 1. The largest absolute Gasteiger partial charge is 0.481 e. The summed E-state index contributed by atoms with van der Waals surface area (Å²) >= 11 is 0. The second kappa shape index (κ2) is 5.66. The third-order valence-electron chi connectivity index (χ3n) is 1.46. The minimum Gasteiger partial charge on any atom is -0.481 e. The highest BCUT2D eigenvalue weighted by Crippen LogP contribution is 2.04. The molecule has 2 N–H and O–H groups in total. The van der Waals surface area contributed by atoms with Crippen molar-refractivity contribution in [2.75, 3.05) is 0 Å². The van der Waals surface area contributed by atoms with E-state index < -0.39 is 0 Å². The van der Waals surface area contributed by atoms with Gasteiger partial charge < -0.3 is 19.0 Å². The lowest BCUT2D eigenvalue weighted by molar-refractivity contribution is 0.109. The number of hydrogen-bond donors (Lipinski definition) is 2. The number of aliphatic hydroxyl groups excluding tert-OH is 1. The van der Waals surface area contributed by atoms with Crippen LogP contribution in [0.15, 0.2) is 39.4 Å². The molecular formula is C10H10O5. The van der Waals surface area contributed by atoms with Crippen molar-refractivity contribution in [2.24, 2.45) is 0 Å². The number of hydrogen-bond acceptors (Lipinski definition) is 5. The van der Waals surface area contributed by atoms with E-state index >= 15 is 0 Å². The molecule has 0 saturated carbocycles. The molecule has 0 aromatic carbocycles. The molecular weight excluding hydrogens is 200 g/mol. The molecule has 2 aromatic heterocycles. The van der Waals surface area contributed by atoms with E-state index in [0.717, 1.165) is 0 Å². The molecule has 0 radical (unpaired) electrons. The summed E-state index contributed by atoms with van der Waals surface area (Å²) in [5.41, 5.74) is 0. The maximum Gasteiger partial charge on any atom is 0.281 e. The summed E-state index contributed by atoms with van der Waals surface area (Å²) in [5, 5.41) is 16.7. The van der Waals surface area contributed by atoms with Crippen LogP contribution >= 0.6 is 0 Å². The monoisotopic (exact) mass is 210 g/mol. The van der Waals surface area contributed by atoms with Crippen LogP contribution in [-0.2, 0) is 6.61 Å². The highest BCUT2D eigenvalue weighted by atomic mass is 16.5. The third kappa shape index (κ3) is 3.70. The molecule has 15 heavy (non-hydrogen) atoms. The van der Waals surface area contributed by atoms with Crippen LogP contribution < -0.4 is 0 Å². The standard InChI is InChI=1S/C6H6O3.C4H4O2/c7-3-5-1-2-6(4-8)9-5;5-4-2-1-3-6-4/h1-3,8H,4H2;1-3,5H. The Morgan fingerprint density at radius 3 is 2.40 bits per heavy atom. The summed E-state index contributed by atoms with van der Waals surface area (Å²) in [7, 11) is 0. The molecule has 0 bridgehead atoms. The lowest BCUT2D eigenvalue weighted by Crippen LogP contribution is -1.74. The second-order valence-corrected chi connectivity index (χ2v) is 2.53. The van der Waals surface area contributed by atoms with Crippen LogP contribution in [-0.4, -0.2) is 16.5 Å². The van der Waals surface area contributed by atoms with Gasteiger partial charge in [-0.3, -0.25) is 4.79 Å². The summed E-state index contributed by atoms with van der Waals surface area (Å²) in [5.74, 6) is 0.631. The summed E-state index contributed by atoms with van der Waals surface area (Å²) in [6.07, 6.45) is 2.01. The number of furan rings is 2. The quantitative estimate of drug-likeness (QED) is 0.735. The van der Waals surface area contributed by atoms with E-state index in [-0.39, 0.29) is 18.3 Å². The summed E-state index contributed by atoms with van der Waals surface area (Å²) in [6, 6.07) is 6.16. The molecule has 5 heteroatoms. The Bertz CT molecular complexity index is 388. The number of rotatable bonds is 2. The van der Waals surface area contributed by atoms with Crippen molar-refractivity contribution in [3.05, 3.63) is 42.0 Å². The van der Waals surface area contributed by atoms with Gasteiger partial charge in [0.1, 0.15) is 12.4 Å². The first-order valence-electron chi connectivity index (χ1n) is 4.13.